The Morgan fingerprint density at radius 3 is 3.11 bits per heavy atom. The molecule has 2 aromatic rings. The van der Waals surface area contributed by atoms with Gasteiger partial charge in [-0.25, -0.2) is 0 Å². The zero-order valence-electron chi connectivity index (χ0n) is 11.0. The van der Waals surface area contributed by atoms with Crippen molar-refractivity contribution in [3.63, 3.8) is 0 Å². The monoisotopic (exact) mass is 294 g/mol. The quantitative estimate of drug-likeness (QED) is 0.939. The van der Waals surface area contributed by atoms with Gasteiger partial charge in [0, 0.05) is 28.5 Å². The molecule has 0 saturated carbocycles. The molecule has 5 heteroatoms. The Morgan fingerprint density at radius 2 is 2.42 bits per heavy atom. The van der Waals surface area contributed by atoms with Gasteiger partial charge < -0.3 is 10.2 Å². The summed E-state index contributed by atoms with van der Waals surface area (Å²) in [4.78, 5) is 15.4. The predicted octanol–water partition coefficient (Wildman–Crippen LogP) is 3.18. The Balaban J connectivity index is 1.74. The van der Waals surface area contributed by atoms with E-state index in [-0.39, 0.29) is 5.91 Å². The van der Waals surface area contributed by atoms with Crippen LogP contribution in [-0.2, 0) is 0 Å². The molecule has 1 amide bonds. The molecule has 1 unspecified atom stereocenters. The van der Waals surface area contributed by atoms with Crippen LogP contribution in [0.25, 0.3) is 9.40 Å². The molecule has 0 aromatic carbocycles. The molecule has 2 aromatic heterocycles. The molecule has 1 fully saturated rings. The second kappa shape index (κ2) is 5.61. The lowest BCUT2D eigenvalue weighted by atomic mass is 10.2. The molecular weight excluding hydrogens is 276 g/mol. The first-order chi connectivity index (χ1) is 9.28. The molecule has 1 saturated heterocycles. The summed E-state index contributed by atoms with van der Waals surface area (Å²) in [6.45, 7) is 4.76. The van der Waals surface area contributed by atoms with E-state index in [1.54, 1.807) is 22.7 Å². The van der Waals surface area contributed by atoms with Gasteiger partial charge in [0.05, 0.1) is 4.88 Å². The van der Waals surface area contributed by atoms with E-state index in [9.17, 15) is 4.79 Å². The van der Waals surface area contributed by atoms with E-state index in [0.29, 0.717) is 6.04 Å². The molecular formula is C14H18N2OS2. The van der Waals surface area contributed by atoms with Crippen molar-refractivity contribution in [1.82, 2.24) is 10.2 Å². The van der Waals surface area contributed by atoms with E-state index in [0.717, 1.165) is 24.5 Å². The SMILES string of the molecule is CCN(CC1CCCN1)C(=O)c1cc2sccc2s1. The maximum Gasteiger partial charge on any atom is 0.264 e. The maximum atomic E-state index is 12.5. The Kier molecular flexibility index (Phi) is 3.86. The fraction of sp³-hybridized carbons (Fsp3) is 0.500. The Morgan fingerprint density at radius 1 is 1.53 bits per heavy atom. The standard InChI is InChI=1S/C14H18N2OS2/c1-2-16(9-10-4-3-6-15-10)14(17)13-8-12-11(19-13)5-7-18-12/h5,7-8,10,15H,2-4,6,9H2,1H3. The van der Waals surface area contributed by atoms with E-state index >= 15 is 0 Å². The minimum absolute atomic E-state index is 0.185. The minimum Gasteiger partial charge on any atom is -0.337 e. The zero-order chi connectivity index (χ0) is 13.2. The van der Waals surface area contributed by atoms with Crippen molar-refractivity contribution >= 4 is 38.0 Å². The third kappa shape index (κ3) is 2.68. The van der Waals surface area contributed by atoms with Gasteiger partial charge in [0.15, 0.2) is 0 Å². The lowest BCUT2D eigenvalue weighted by Crippen LogP contribution is -2.40. The molecule has 0 radical (unpaired) electrons. The number of hydrogen-bond acceptors (Lipinski definition) is 4. The molecule has 1 aliphatic heterocycles. The van der Waals surface area contributed by atoms with Gasteiger partial charge in [0.1, 0.15) is 0 Å². The number of carbonyl (C=O) groups excluding carboxylic acids is 1. The number of nitrogens with zero attached hydrogens (tertiary/aromatic N) is 1. The number of carbonyl (C=O) groups is 1. The van der Waals surface area contributed by atoms with Crippen LogP contribution in [-0.4, -0.2) is 36.5 Å². The minimum atomic E-state index is 0.185. The number of likely N-dealkylation sites (N-methyl/N-ethyl adjacent to an activating group) is 1. The van der Waals surface area contributed by atoms with Gasteiger partial charge in [-0.15, -0.1) is 22.7 Å². The van der Waals surface area contributed by atoms with Crippen LogP contribution in [0.1, 0.15) is 29.4 Å². The van der Waals surface area contributed by atoms with Gasteiger partial charge in [-0.2, -0.15) is 0 Å². The normalized spacial score (nSPS) is 19.1. The topological polar surface area (TPSA) is 32.3 Å². The first kappa shape index (κ1) is 13.1. The van der Waals surface area contributed by atoms with E-state index in [4.69, 9.17) is 0 Å². The summed E-state index contributed by atoms with van der Waals surface area (Å²) < 4.78 is 2.45. The predicted molar refractivity (Wildman–Crippen MR) is 82.3 cm³/mol. The van der Waals surface area contributed by atoms with Crippen molar-refractivity contribution in [3.8, 4) is 0 Å². The van der Waals surface area contributed by atoms with Gasteiger partial charge >= 0.3 is 0 Å². The first-order valence-corrected chi connectivity index (χ1v) is 8.47. The average Bonchev–Trinajstić information content (AvgIpc) is 3.10. The number of thiophene rings is 2. The molecule has 0 spiro atoms. The molecule has 19 heavy (non-hydrogen) atoms. The van der Waals surface area contributed by atoms with Crippen LogP contribution in [0.2, 0.25) is 0 Å². The molecule has 1 aliphatic rings. The number of rotatable bonds is 4. The second-order valence-corrected chi connectivity index (χ2v) is 6.93. The third-order valence-electron chi connectivity index (χ3n) is 3.62. The number of hydrogen-bond donors (Lipinski definition) is 1. The van der Waals surface area contributed by atoms with Gasteiger partial charge in [0.2, 0.25) is 0 Å². The lowest BCUT2D eigenvalue weighted by molar-refractivity contribution is 0.0756. The molecule has 3 rings (SSSR count). The summed E-state index contributed by atoms with van der Waals surface area (Å²) in [5.41, 5.74) is 0. The lowest BCUT2D eigenvalue weighted by Gasteiger charge is -2.23. The van der Waals surface area contributed by atoms with Gasteiger partial charge in [-0.1, -0.05) is 0 Å². The highest BCUT2D eigenvalue weighted by Gasteiger charge is 2.22. The smallest absolute Gasteiger partial charge is 0.264 e. The van der Waals surface area contributed by atoms with E-state index in [1.807, 2.05) is 11.0 Å². The number of nitrogens with one attached hydrogen (secondary N) is 1. The number of amides is 1. The van der Waals surface area contributed by atoms with Crippen LogP contribution in [0, 0.1) is 0 Å². The van der Waals surface area contributed by atoms with Crippen molar-refractivity contribution in [1.29, 1.82) is 0 Å². The average molecular weight is 294 g/mol. The maximum absolute atomic E-state index is 12.5. The highest BCUT2D eigenvalue weighted by Crippen LogP contribution is 2.30. The summed E-state index contributed by atoms with van der Waals surface area (Å²) in [6, 6.07) is 4.61. The summed E-state index contributed by atoms with van der Waals surface area (Å²) in [6.07, 6.45) is 2.41. The van der Waals surface area contributed by atoms with Crippen LogP contribution in [0.4, 0.5) is 0 Å². The van der Waals surface area contributed by atoms with Crippen molar-refractivity contribution in [2.75, 3.05) is 19.6 Å². The van der Waals surface area contributed by atoms with Crippen LogP contribution >= 0.6 is 22.7 Å². The molecule has 0 aliphatic carbocycles. The Bertz CT molecular complexity index is 540. The second-order valence-electron chi connectivity index (χ2n) is 4.90. The van der Waals surface area contributed by atoms with Crippen molar-refractivity contribution in [2.24, 2.45) is 0 Å². The Hall–Kier alpha value is -0.910. The summed E-state index contributed by atoms with van der Waals surface area (Å²) in [5.74, 6) is 0.185. The van der Waals surface area contributed by atoms with Gasteiger partial charge in [0.25, 0.3) is 5.91 Å². The highest BCUT2D eigenvalue weighted by atomic mass is 32.1. The van der Waals surface area contributed by atoms with E-state index in [1.165, 1.54) is 22.2 Å². The first-order valence-electron chi connectivity index (χ1n) is 6.77. The van der Waals surface area contributed by atoms with Crippen LogP contribution in [0.5, 0.6) is 0 Å². The highest BCUT2D eigenvalue weighted by molar-refractivity contribution is 7.27. The summed E-state index contributed by atoms with van der Waals surface area (Å²) >= 11 is 3.32. The van der Waals surface area contributed by atoms with Crippen molar-refractivity contribution < 1.29 is 4.79 Å². The van der Waals surface area contributed by atoms with Crippen LogP contribution < -0.4 is 5.32 Å². The fourth-order valence-electron chi connectivity index (χ4n) is 2.56. The Labute approximate surface area is 121 Å². The largest absolute Gasteiger partial charge is 0.337 e. The molecule has 1 atom stereocenters. The zero-order valence-corrected chi connectivity index (χ0v) is 12.6. The molecule has 3 heterocycles. The molecule has 3 nitrogen and oxygen atoms in total. The van der Waals surface area contributed by atoms with E-state index in [2.05, 4.69) is 23.7 Å². The fourth-order valence-corrected chi connectivity index (χ4v) is 4.64. The third-order valence-corrected chi connectivity index (χ3v) is 5.70. The van der Waals surface area contributed by atoms with Crippen molar-refractivity contribution in [3.05, 3.63) is 22.4 Å². The summed E-state index contributed by atoms with van der Waals surface area (Å²) in [7, 11) is 0. The van der Waals surface area contributed by atoms with E-state index < -0.39 is 0 Å². The molecule has 0 bridgehead atoms. The van der Waals surface area contributed by atoms with Gasteiger partial charge in [-0.3, -0.25) is 4.79 Å². The summed E-state index contributed by atoms with van der Waals surface area (Å²) in [5, 5.41) is 5.54. The molecule has 1 N–H and O–H groups in total. The molecule has 102 valence electrons. The number of fused-ring (bicyclic) bond motifs is 1. The van der Waals surface area contributed by atoms with Crippen molar-refractivity contribution in [2.45, 2.75) is 25.8 Å². The van der Waals surface area contributed by atoms with Crippen LogP contribution in [0.3, 0.4) is 0 Å². The van der Waals surface area contributed by atoms with Crippen LogP contribution in [0.15, 0.2) is 17.5 Å². The van der Waals surface area contributed by atoms with Gasteiger partial charge in [-0.05, 0) is 43.8 Å².